The number of aryl methyl sites for hydroxylation is 1. The fourth-order valence-corrected chi connectivity index (χ4v) is 3.91. The van der Waals surface area contributed by atoms with Crippen LogP contribution in [0.1, 0.15) is 37.0 Å². The van der Waals surface area contributed by atoms with Crippen LogP contribution in [0.25, 0.3) is 0 Å². The summed E-state index contributed by atoms with van der Waals surface area (Å²) >= 11 is 0. The molecule has 0 unspecified atom stereocenters. The highest BCUT2D eigenvalue weighted by Gasteiger charge is 2.58. The van der Waals surface area contributed by atoms with Gasteiger partial charge in [-0.15, -0.1) is 0 Å². The van der Waals surface area contributed by atoms with Gasteiger partial charge in [-0.2, -0.15) is 0 Å². The monoisotopic (exact) mass is 367 g/mol. The van der Waals surface area contributed by atoms with Crippen LogP contribution >= 0.6 is 0 Å². The van der Waals surface area contributed by atoms with Crippen molar-refractivity contribution in [1.82, 2.24) is 10.1 Å². The van der Waals surface area contributed by atoms with Gasteiger partial charge in [0.1, 0.15) is 11.2 Å². The van der Waals surface area contributed by atoms with E-state index >= 15 is 0 Å². The van der Waals surface area contributed by atoms with Gasteiger partial charge in [0.25, 0.3) is 0 Å². The van der Waals surface area contributed by atoms with E-state index in [9.17, 15) is 9.59 Å². The zero-order valence-corrected chi connectivity index (χ0v) is 15.6. The lowest BCUT2D eigenvalue weighted by atomic mass is 9.89. The van der Waals surface area contributed by atoms with Crippen LogP contribution in [0.2, 0.25) is 0 Å². The van der Waals surface area contributed by atoms with E-state index in [1.54, 1.807) is 13.0 Å². The molecule has 4 rings (SSSR count). The number of anilines is 1. The minimum absolute atomic E-state index is 0.0293. The van der Waals surface area contributed by atoms with E-state index in [1.807, 2.05) is 11.0 Å². The second kappa shape index (κ2) is 7.18. The summed E-state index contributed by atoms with van der Waals surface area (Å²) in [4.78, 5) is 27.5. The summed E-state index contributed by atoms with van der Waals surface area (Å²) in [5.74, 6) is 1.31. The summed E-state index contributed by atoms with van der Waals surface area (Å²) in [7, 11) is 0. The Hall–Kier alpha value is -2.63. The number of benzene rings is 1. The third kappa shape index (κ3) is 3.75. The predicted octanol–water partition coefficient (Wildman–Crippen LogP) is 3.18. The molecule has 1 saturated heterocycles. The second-order valence-corrected chi connectivity index (χ2v) is 7.78. The Kier molecular flexibility index (Phi) is 4.72. The van der Waals surface area contributed by atoms with Crippen LogP contribution in [0.4, 0.5) is 5.82 Å². The molecule has 0 radical (unpaired) electrons. The minimum atomic E-state index is -0.904. The van der Waals surface area contributed by atoms with Gasteiger partial charge in [0, 0.05) is 19.2 Å². The van der Waals surface area contributed by atoms with Gasteiger partial charge in [-0.25, -0.2) is 0 Å². The molecule has 1 aliphatic heterocycles. The Bertz CT molecular complexity index is 818. The van der Waals surface area contributed by atoms with E-state index in [0.29, 0.717) is 30.3 Å². The highest BCUT2D eigenvalue weighted by atomic mass is 16.5. The van der Waals surface area contributed by atoms with Crippen molar-refractivity contribution in [3.63, 3.8) is 0 Å². The lowest BCUT2D eigenvalue weighted by Crippen LogP contribution is -2.46. The maximum atomic E-state index is 13.0. The molecule has 0 spiro atoms. The molecule has 1 aromatic heterocycles. The second-order valence-electron chi connectivity index (χ2n) is 7.78. The first-order valence-corrected chi connectivity index (χ1v) is 9.65. The lowest BCUT2D eigenvalue weighted by Gasteiger charge is -2.34. The summed E-state index contributed by atoms with van der Waals surface area (Å²) in [5, 5.41) is 6.52. The van der Waals surface area contributed by atoms with Gasteiger partial charge in [0.2, 0.25) is 11.8 Å². The number of hydrogen-bond donors (Lipinski definition) is 1. The fourth-order valence-electron chi connectivity index (χ4n) is 3.91. The molecule has 1 saturated carbocycles. The Labute approximate surface area is 158 Å². The van der Waals surface area contributed by atoms with Crippen LogP contribution in [0.15, 0.2) is 40.9 Å². The maximum Gasteiger partial charge on any atom is 0.241 e. The molecule has 6 heteroatoms. The Morgan fingerprint density at radius 2 is 1.93 bits per heavy atom. The molecule has 2 aliphatic rings. The largest absolute Gasteiger partial charge is 0.360 e. The fraction of sp³-hybridized carbons (Fsp3) is 0.476. The number of hydrogen-bond acceptors (Lipinski definition) is 4. The topological polar surface area (TPSA) is 75.4 Å². The number of nitrogens with zero attached hydrogens (tertiary/aromatic N) is 2. The van der Waals surface area contributed by atoms with Gasteiger partial charge in [-0.3, -0.25) is 9.59 Å². The molecule has 0 bridgehead atoms. The highest BCUT2D eigenvalue weighted by Crippen LogP contribution is 2.48. The number of piperidine rings is 1. The molecular weight excluding hydrogens is 342 g/mol. The first-order valence-electron chi connectivity index (χ1n) is 9.65. The van der Waals surface area contributed by atoms with E-state index in [0.717, 1.165) is 32.4 Å². The summed E-state index contributed by atoms with van der Waals surface area (Å²) in [5.41, 5.74) is 0.447. The molecule has 6 nitrogen and oxygen atoms in total. The maximum absolute atomic E-state index is 13.0. The molecule has 1 N–H and O–H groups in total. The van der Waals surface area contributed by atoms with Crippen molar-refractivity contribution >= 4 is 17.6 Å². The van der Waals surface area contributed by atoms with Gasteiger partial charge in [-0.1, -0.05) is 35.5 Å². The van der Waals surface area contributed by atoms with Crippen molar-refractivity contribution < 1.29 is 14.1 Å². The predicted molar refractivity (Wildman–Crippen MR) is 101 cm³/mol. The summed E-state index contributed by atoms with van der Waals surface area (Å²) in [6, 6.07) is 12.2. The van der Waals surface area contributed by atoms with Crippen LogP contribution in [0.3, 0.4) is 0 Å². The van der Waals surface area contributed by atoms with Crippen molar-refractivity contribution in [3.8, 4) is 0 Å². The van der Waals surface area contributed by atoms with Crippen LogP contribution in [0.5, 0.6) is 0 Å². The first-order chi connectivity index (χ1) is 13.1. The standard InChI is InChI=1S/C21H25N3O3/c1-15-13-18(23-27-15)22-19(25)21(9-10-21)20(26)24-11-7-17(8-12-24)14-16-5-3-2-4-6-16/h2-6,13,17H,7-12,14H2,1H3,(H,22,23,25). The van der Waals surface area contributed by atoms with Crippen molar-refractivity contribution in [1.29, 1.82) is 0 Å². The smallest absolute Gasteiger partial charge is 0.241 e. The number of likely N-dealkylation sites (tertiary alicyclic amines) is 1. The molecule has 2 aromatic rings. The first kappa shape index (κ1) is 17.8. The molecule has 0 atom stereocenters. The Morgan fingerprint density at radius 3 is 2.52 bits per heavy atom. The highest BCUT2D eigenvalue weighted by molar-refractivity contribution is 6.12. The molecule has 2 heterocycles. The third-order valence-electron chi connectivity index (χ3n) is 5.73. The number of carbonyl (C=O) groups excluding carboxylic acids is 2. The quantitative estimate of drug-likeness (QED) is 0.824. The van der Waals surface area contributed by atoms with E-state index in [4.69, 9.17) is 4.52 Å². The van der Waals surface area contributed by atoms with Crippen LogP contribution in [-0.4, -0.2) is 35.0 Å². The van der Waals surface area contributed by atoms with Crippen molar-refractivity contribution in [2.75, 3.05) is 18.4 Å². The van der Waals surface area contributed by atoms with Crippen LogP contribution in [0, 0.1) is 18.3 Å². The SMILES string of the molecule is Cc1cc(NC(=O)C2(C(=O)N3CCC(Cc4ccccc4)CC3)CC2)no1. The number of amides is 2. The van der Waals surface area contributed by atoms with E-state index in [2.05, 4.69) is 34.7 Å². The van der Waals surface area contributed by atoms with Gasteiger partial charge in [0.15, 0.2) is 5.82 Å². The Balaban J connectivity index is 1.32. The van der Waals surface area contributed by atoms with E-state index in [1.165, 1.54) is 5.56 Å². The number of nitrogens with one attached hydrogen (secondary N) is 1. The van der Waals surface area contributed by atoms with Crippen molar-refractivity contribution in [2.45, 2.75) is 39.0 Å². The summed E-state index contributed by atoms with van der Waals surface area (Å²) < 4.78 is 4.98. The molecule has 2 fully saturated rings. The minimum Gasteiger partial charge on any atom is -0.360 e. The molecular formula is C21H25N3O3. The van der Waals surface area contributed by atoms with E-state index < -0.39 is 5.41 Å². The summed E-state index contributed by atoms with van der Waals surface area (Å²) in [6.45, 7) is 3.23. The van der Waals surface area contributed by atoms with Gasteiger partial charge in [0.05, 0.1) is 0 Å². The summed E-state index contributed by atoms with van der Waals surface area (Å²) in [6.07, 6.45) is 4.25. The average Bonchev–Trinajstić information content (AvgIpc) is 3.40. The van der Waals surface area contributed by atoms with Crippen LogP contribution < -0.4 is 5.32 Å². The number of aromatic nitrogens is 1. The normalized spacial score (nSPS) is 18.9. The zero-order valence-electron chi connectivity index (χ0n) is 15.6. The number of rotatable bonds is 5. The van der Waals surface area contributed by atoms with Gasteiger partial charge >= 0.3 is 0 Å². The van der Waals surface area contributed by atoms with E-state index in [-0.39, 0.29) is 11.8 Å². The van der Waals surface area contributed by atoms with Crippen molar-refractivity contribution in [3.05, 3.63) is 47.7 Å². The molecule has 142 valence electrons. The van der Waals surface area contributed by atoms with Crippen LogP contribution in [-0.2, 0) is 16.0 Å². The molecule has 1 aromatic carbocycles. The van der Waals surface area contributed by atoms with Crippen molar-refractivity contribution in [2.24, 2.45) is 11.3 Å². The lowest BCUT2D eigenvalue weighted by molar-refractivity contribution is -0.143. The number of carbonyl (C=O) groups is 2. The molecule has 2 amide bonds. The zero-order chi connectivity index (χ0) is 18.9. The average molecular weight is 367 g/mol. The Morgan fingerprint density at radius 1 is 1.22 bits per heavy atom. The molecule has 27 heavy (non-hydrogen) atoms. The van der Waals surface area contributed by atoms with Gasteiger partial charge < -0.3 is 14.7 Å². The molecule has 1 aliphatic carbocycles. The van der Waals surface area contributed by atoms with Gasteiger partial charge in [-0.05, 0) is 50.5 Å². The third-order valence-corrected chi connectivity index (χ3v) is 5.73.